The molecule has 20 heavy (non-hydrogen) atoms. The van der Waals surface area contributed by atoms with E-state index >= 15 is 0 Å². The summed E-state index contributed by atoms with van der Waals surface area (Å²) in [6.45, 7) is 4.42. The van der Waals surface area contributed by atoms with Crippen molar-refractivity contribution < 1.29 is 4.79 Å². The van der Waals surface area contributed by atoms with Crippen LogP contribution in [0.25, 0.3) is 0 Å². The lowest BCUT2D eigenvalue weighted by Crippen LogP contribution is -2.38. The number of hydrogen-bond donors (Lipinski definition) is 3. The molecule has 7 heteroatoms. The third-order valence-electron chi connectivity index (χ3n) is 2.94. The average molecular weight is 317 g/mol. The zero-order valence-corrected chi connectivity index (χ0v) is 13.0. The molecule has 1 aromatic rings. The van der Waals surface area contributed by atoms with Crippen molar-refractivity contribution in [3.63, 3.8) is 0 Å². The van der Waals surface area contributed by atoms with Crippen molar-refractivity contribution in [2.45, 2.75) is 38.8 Å². The summed E-state index contributed by atoms with van der Waals surface area (Å²) in [4.78, 5) is 16.2. The van der Waals surface area contributed by atoms with Gasteiger partial charge in [-0.05, 0) is 32.8 Å². The molecule has 1 aromatic heterocycles. The number of rotatable bonds is 6. The fraction of sp³-hybridized carbons (Fsp3) is 0.538. The Morgan fingerprint density at radius 1 is 1.40 bits per heavy atom. The first kappa shape index (κ1) is 15.2. The SMILES string of the molecule is CCNc1nc(NC(C)C(=O)NC2CC2)c(Cl)cc1Cl. The van der Waals surface area contributed by atoms with Gasteiger partial charge in [-0.15, -0.1) is 0 Å². The molecule has 0 bridgehead atoms. The monoisotopic (exact) mass is 316 g/mol. The zero-order valence-electron chi connectivity index (χ0n) is 11.5. The van der Waals surface area contributed by atoms with Crippen LogP contribution in [0.3, 0.4) is 0 Å². The van der Waals surface area contributed by atoms with Gasteiger partial charge >= 0.3 is 0 Å². The van der Waals surface area contributed by atoms with Gasteiger partial charge in [0.1, 0.15) is 17.7 Å². The number of pyridine rings is 1. The van der Waals surface area contributed by atoms with Crippen LogP contribution >= 0.6 is 23.2 Å². The highest BCUT2D eigenvalue weighted by Gasteiger charge is 2.26. The lowest BCUT2D eigenvalue weighted by molar-refractivity contribution is -0.121. The molecule has 1 saturated carbocycles. The predicted octanol–water partition coefficient (Wildman–Crippen LogP) is 2.90. The number of nitrogens with one attached hydrogen (secondary N) is 3. The third kappa shape index (κ3) is 3.90. The Bertz CT molecular complexity index is 505. The molecule has 1 heterocycles. The highest BCUT2D eigenvalue weighted by molar-refractivity contribution is 6.37. The van der Waals surface area contributed by atoms with E-state index in [1.165, 1.54) is 0 Å². The van der Waals surface area contributed by atoms with Gasteiger partial charge < -0.3 is 16.0 Å². The third-order valence-corrected chi connectivity index (χ3v) is 3.52. The van der Waals surface area contributed by atoms with Crippen LogP contribution in [0.1, 0.15) is 26.7 Å². The Morgan fingerprint density at radius 2 is 2.05 bits per heavy atom. The molecule has 1 aliphatic carbocycles. The second kappa shape index (κ2) is 6.50. The molecule has 0 spiro atoms. The minimum Gasteiger partial charge on any atom is -0.369 e. The van der Waals surface area contributed by atoms with E-state index < -0.39 is 6.04 Å². The van der Waals surface area contributed by atoms with E-state index in [0.717, 1.165) is 12.8 Å². The highest BCUT2D eigenvalue weighted by Crippen LogP contribution is 2.29. The molecule has 1 fully saturated rings. The molecule has 3 N–H and O–H groups in total. The lowest BCUT2D eigenvalue weighted by atomic mass is 10.3. The van der Waals surface area contributed by atoms with Crippen molar-refractivity contribution in [3.8, 4) is 0 Å². The maximum atomic E-state index is 11.9. The standard InChI is InChI=1S/C13H18Cl2N4O/c1-3-16-11-9(14)6-10(15)12(19-11)17-7(2)13(20)18-8-4-5-8/h6-8H,3-5H2,1-2H3,(H,18,20)(H2,16,17,19). The number of halogens is 2. The zero-order chi connectivity index (χ0) is 14.7. The molecule has 1 atom stereocenters. The van der Waals surface area contributed by atoms with Crippen LogP contribution < -0.4 is 16.0 Å². The van der Waals surface area contributed by atoms with Gasteiger partial charge in [0.05, 0.1) is 10.0 Å². The van der Waals surface area contributed by atoms with Crippen molar-refractivity contribution in [1.82, 2.24) is 10.3 Å². The Hall–Kier alpha value is -1.20. The van der Waals surface area contributed by atoms with Crippen LogP contribution in [0.4, 0.5) is 11.6 Å². The summed E-state index contributed by atoms with van der Waals surface area (Å²) in [5.74, 6) is 0.951. The predicted molar refractivity (Wildman–Crippen MR) is 82.7 cm³/mol. The second-order valence-corrected chi connectivity index (χ2v) is 5.64. The first-order chi connectivity index (χ1) is 9.51. The van der Waals surface area contributed by atoms with Crippen LogP contribution in [-0.4, -0.2) is 29.5 Å². The summed E-state index contributed by atoms with van der Waals surface area (Å²) in [5.41, 5.74) is 0. The number of hydrogen-bond acceptors (Lipinski definition) is 4. The van der Waals surface area contributed by atoms with Gasteiger partial charge in [-0.3, -0.25) is 4.79 Å². The fourth-order valence-electron chi connectivity index (χ4n) is 1.68. The number of aromatic nitrogens is 1. The molecular weight excluding hydrogens is 299 g/mol. The van der Waals surface area contributed by atoms with Gasteiger partial charge in [0.25, 0.3) is 0 Å². The van der Waals surface area contributed by atoms with E-state index in [4.69, 9.17) is 23.2 Å². The Kier molecular flexibility index (Phi) is 4.94. The van der Waals surface area contributed by atoms with Crippen LogP contribution in [0.15, 0.2) is 6.07 Å². The van der Waals surface area contributed by atoms with Crippen LogP contribution in [0.5, 0.6) is 0 Å². The van der Waals surface area contributed by atoms with Crippen LogP contribution in [0, 0.1) is 0 Å². The number of nitrogens with zero attached hydrogens (tertiary/aromatic N) is 1. The van der Waals surface area contributed by atoms with Crippen LogP contribution in [0.2, 0.25) is 10.0 Å². The maximum absolute atomic E-state index is 11.9. The largest absolute Gasteiger partial charge is 0.369 e. The Labute approximate surface area is 128 Å². The van der Waals surface area contributed by atoms with E-state index in [2.05, 4.69) is 20.9 Å². The quantitative estimate of drug-likeness (QED) is 0.755. The molecule has 5 nitrogen and oxygen atoms in total. The number of amides is 1. The van der Waals surface area contributed by atoms with E-state index in [1.54, 1.807) is 13.0 Å². The summed E-state index contributed by atoms with van der Waals surface area (Å²) >= 11 is 12.1. The molecule has 1 aliphatic rings. The number of anilines is 2. The lowest BCUT2D eigenvalue weighted by Gasteiger charge is -2.16. The molecule has 1 amide bonds. The van der Waals surface area contributed by atoms with Gasteiger partial charge in [-0.25, -0.2) is 4.98 Å². The Balaban J connectivity index is 2.06. The van der Waals surface area contributed by atoms with E-state index in [0.29, 0.717) is 34.3 Å². The van der Waals surface area contributed by atoms with Crippen molar-refractivity contribution in [2.75, 3.05) is 17.2 Å². The topological polar surface area (TPSA) is 66.0 Å². The first-order valence-corrected chi connectivity index (χ1v) is 7.43. The average Bonchev–Trinajstić information content (AvgIpc) is 3.19. The molecule has 0 radical (unpaired) electrons. The normalized spacial score (nSPS) is 15.6. The maximum Gasteiger partial charge on any atom is 0.242 e. The second-order valence-electron chi connectivity index (χ2n) is 4.83. The molecule has 0 saturated heterocycles. The van der Waals surface area contributed by atoms with Gasteiger partial charge in [0.15, 0.2) is 0 Å². The molecule has 0 aromatic carbocycles. The highest BCUT2D eigenvalue weighted by atomic mass is 35.5. The molecule has 110 valence electrons. The molecule has 0 aliphatic heterocycles. The van der Waals surface area contributed by atoms with Crippen molar-refractivity contribution >= 4 is 40.7 Å². The van der Waals surface area contributed by atoms with Crippen LogP contribution in [-0.2, 0) is 4.79 Å². The molecular formula is C13H18Cl2N4O. The van der Waals surface area contributed by atoms with Crippen molar-refractivity contribution in [1.29, 1.82) is 0 Å². The van der Waals surface area contributed by atoms with E-state index in [1.807, 2.05) is 6.92 Å². The van der Waals surface area contributed by atoms with Gasteiger partial charge in [-0.1, -0.05) is 23.2 Å². The van der Waals surface area contributed by atoms with E-state index in [-0.39, 0.29) is 5.91 Å². The minimum atomic E-state index is -0.406. The fourth-order valence-corrected chi connectivity index (χ4v) is 2.16. The van der Waals surface area contributed by atoms with Gasteiger partial charge in [-0.2, -0.15) is 0 Å². The van der Waals surface area contributed by atoms with Gasteiger partial charge in [0, 0.05) is 12.6 Å². The number of carbonyl (C=O) groups excluding carboxylic acids is 1. The number of carbonyl (C=O) groups is 1. The molecule has 2 rings (SSSR count). The minimum absolute atomic E-state index is 0.0506. The first-order valence-electron chi connectivity index (χ1n) is 6.68. The summed E-state index contributed by atoms with van der Waals surface area (Å²) in [5, 5.41) is 9.84. The van der Waals surface area contributed by atoms with Crippen molar-refractivity contribution in [3.05, 3.63) is 16.1 Å². The summed E-state index contributed by atoms with van der Waals surface area (Å²) in [7, 11) is 0. The van der Waals surface area contributed by atoms with Gasteiger partial charge in [0.2, 0.25) is 5.91 Å². The van der Waals surface area contributed by atoms with Crippen molar-refractivity contribution in [2.24, 2.45) is 0 Å². The summed E-state index contributed by atoms with van der Waals surface area (Å²) in [6.07, 6.45) is 2.12. The summed E-state index contributed by atoms with van der Waals surface area (Å²) < 4.78 is 0. The van der Waals surface area contributed by atoms with E-state index in [9.17, 15) is 4.79 Å². The Morgan fingerprint density at radius 3 is 2.65 bits per heavy atom. The summed E-state index contributed by atoms with van der Waals surface area (Å²) in [6, 6.07) is 1.54. The molecule has 1 unspecified atom stereocenters. The smallest absolute Gasteiger partial charge is 0.242 e.